The highest BCUT2D eigenvalue weighted by Gasteiger charge is 2.57. The number of fused-ring (bicyclic) bond motifs is 1. The Kier molecular flexibility index (Phi) is 3.67. The van der Waals surface area contributed by atoms with E-state index in [4.69, 9.17) is 18.9 Å². The van der Waals surface area contributed by atoms with Gasteiger partial charge < -0.3 is 29.2 Å². The molecule has 0 bridgehead atoms. The van der Waals surface area contributed by atoms with Gasteiger partial charge in [-0.25, -0.2) is 0 Å². The van der Waals surface area contributed by atoms with E-state index in [0.29, 0.717) is 5.56 Å². The standard InChI is InChI=1S/C15H20O6/c1-15(2)20-13-12(18-3)11(19-14(13)21-15)10(17)8-6-4-5-7-9(8)16/h4-7,10-14,16-17H,1-3H3/t10-,11-,12+,13-,14-/m1/s1. The molecule has 5 atom stereocenters. The molecule has 2 N–H and O–H groups in total. The molecule has 0 amide bonds. The highest BCUT2D eigenvalue weighted by atomic mass is 16.8. The van der Waals surface area contributed by atoms with E-state index >= 15 is 0 Å². The van der Waals surface area contributed by atoms with Gasteiger partial charge in [0.05, 0.1) is 0 Å². The monoisotopic (exact) mass is 296 g/mol. The van der Waals surface area contributed by atoms with Gasteiger partial charge in [0.1, 0.15) is 30.2 Å². The Labute approximate surface area is 123 Å². The molecule has 21 heavy (non-hydrogen) atoms. The van der Waals surface area contributed by atoms with Gasteiger partial charge in [0.15, 0.2) is 12.1 Å². The number of aliphatic hydroxyl groups excluding tert-OH is 1. The van der Waals surface area contributed by atoms with Crippen LogP contribution >= 0.6 is 0 Å². The third-order valence-corrected chi connectivity index (χ3v) is 3.87. The fourth-order valence-electron chi connectivity index (χ4n) is 2.94. The van der Waals surface area contributed by atoms with Gasteiger partial charge in [-0.2, -0.15) is 0 Å². The van der Waals surface area contributed by atoms with Crippen molar-refractivity contribution >= 4 is 0 Å². The lowest BCUT2D eigenvalue weighted by atomic mass is 9.98. The Morgan fingerprint density at radius 1 is 1.24 bits per heavy atom. The van der Waals surface area contributed by atoms with Gasteiger partial charge in [0.25, 0.3) is 0 Å². The summed E-state index contributed by atoms with van der Waals surface area (Å²) in [6, 6.07) is 6.60. The minimum atomic E-state index is -1.03. The second-order valence-electron chi connectivity index (χ2n) is 5.77. The van der Waals surface area contributed by atoms with Crippen molar-refractivity contribution in [2.24, 2.45) is 0 Å². The molecule has 6 nitrogen and oxygen atoms in total. The van der Waals surface area contributed by atoms with E-state index in [0.717, 1.165) is 0 Å². The Hall–Kier alpha value is -1.18. The normalized spacial score (nSPS) is 35.6. The molecule has 2 aliphatic heterocycles. The van der Waals surface area contributed by atoms with E-state index in [1.54, 1.807) is 32.0 Å². The molecule has 2 fully saturated rings. The van der Waals surface area contributed by atoms with Crippen LogP contribution in [0.3, 0.4) is 0 Å². The van der Waals surface area contributed by atoms with Gasteiger partial charge in [-0.1, -0.05) is 18.2 Å². The molecule has 6 heteroatoms. The van der Waals surface area contributed by atoms with Crippen LogP contribution in [0.4, 0.5) is 0 Å². The van der Waals surface area contributed by atoms with Crippen molar-refractivity contribution in [3.63, 3.8) is 0 Å². The third kappa shape index (κ3) is 2.54. The number of para-hydroxylation sites is 1. The largest absolute Gasteiger partial charge is 0.508 e. The smallest absolute Gasteiger partial charge is 0.190 e. The maximum Gasteiger partial charge on any atom is 0.190 e. The summed E-state index contributed by atoms with van der Waals surface area (Å²) in [5.74, 6) is -0.723. The summed E-state index contributed by atoms with van der Waals surface area (Å²) in [6.45, 7) is 3.60. The first kappa shape index (κ1) is 14.7. The predicted octanol–water partition coefficient (Wildman–Crippen LogP) is 1.32. The van der Waals surface area contributed by atoms with Crippen LogP contribution in [0.1, 0.15) is 25.5 Å². The summed E-state index contributed by atoms with van der Waals surface area (Å²) in [4.78, 5) is 0. The fourth-order valence-corrected chi connectivity index (χ4v) is 2.94. The maximum absolute atomic E-state index is 10.5. The van der Waals surface area contributed by atoms with Gasteiger partial charge in [0, 0.05) is 12.7 Å². The molecule has 0 aliphatic carbocycles. The second kappa shape index (κ2) is 5.23. The lowest BCUT2D eigenvalue weighted by Crippen LogP contribution is -2.39. The summed E-state index contributed by atoms with van der Waals surface area (Å²) in [5, 5.41) is 20.4. The highest BCUT2D eigenvalue weighted by molar-refractivity contribution is 5.34. The van der Waals surface area contributed by atoms with Crippen molar-refractivity contribution in [2.75, 3.05) is 7.11 Å². The van der Waals surface area contributed by atoms with Gasteiger partial charge in [-0.05, 0) is 19.9 Å². The SMILES string of the molecule is CO[C@@H]1[C@H]2OC(C)(C)O[C@H]2O[C@@H]1[C@H](O)c1ccccc1O. The topological polar surface area (TPSA) is 77.4 Å². The zero-order valence-corrected chi connectivity index (χ0v) is 12.2. The van der Waals surface area contributed by atoms with Crippen LogP contribution in [0, 0.1) is 0 Å². The molecule has 0 aromatic heterocycles. The average Bonchev–Trinajstić information content (AvgIpc) is 2.89. The summed E-state index contributed by atoms with van der Waals surface area (Å²) < 4.78 is 22.6. The number of ether oxygens (including phenoxy) is 4. The van der Waals surface area contributed by atoms with Crippen LogP contribution in [0.15, 0.2) is 24.3 Å². The molecule has 0 saturated carbocycles. The van der Waals surface area contributed by atoms with Crippen molar-refractivity contribution in [1.82, 2.24) is 0 Å². The first-order valence-corrected chi connectivity index (χ1v) is 6.93. The number of aliphatic hydroxyl groups is 1. The number of hydrogen-bond acceptors (Lipinski definition) is 6. The lowest BCUT2D eigenvalue weighted by Gasteiger charge is -2.28. The first-order chi connectivity index (χ1) is 9.93. The third-order valence-electron chi connectivity index (χ3n) is 3.87. The summed E-state index contributed by atoms with van der Waals surface area (Å²) in [5.41, 5.74) is 0.392. The van der Waals surface area contributed by atoms with E-state index in [9.17, 15) is 10.2 Å². The zero-order valence-electron chi connectivity index (χ0n) is 12.2. The molecule has 0 spiro atoms. The number of methoxy groups -OCH3 is 1. The molecule has 0 radical (unpaired) electrons. The van der Waals surface area contributed by atoms with Gasteiger partial charge >= 0.3 is 0 Å². The number of rotatable bonds is 3. The van der Waals surface area contributed by atoms with Crippen molar-refractivity contribution in [1.29, 1.82) is 0 Å². The quantitative estimate of drug-likeness (QED) is 0.876. The van der Waals surface area contributed by atoms with Crippen molar-refractivity contribution in [3.8, 4) is 5.75 Å². The molecule has 2 aliphatic rings. The summed E-state index contributed by atoms with van der Waals surface area (Å²) >= 11 is 0. The van der Waals surface area contributed by atoms with Crippen LogP contribution in [0.5, 0.6) is 5.75 Å². The molecule has 3 rings (SSSR count). The summed E-state index contributed by atoms with van der Waals surface area (Å²) in [7, 11) is 1.54. The molecular weight excluding hydrogens is 276 g/mol. The van der Waals surface area contributed by atoms with Crippen LogP contribution in [-0.4, -0.2) is 47.7 Å². The van der Waals surface area contributed by atoms with E-state index in [1.807, 2.05) is 0 Å². The maximum atomic E-state index is 10.5. The Bertz CT molecular complexity index is 517. The summed E-state index contributed by atoms with van der Waals surface area (Å²) in [6.07, 6.45) is -3.18. The van der Waals surface area contributed by atoms with Crippen LogP contribution < -0.4 is 0 Å². The number of phenols is 1. The minimum Gasteiger partial charge on any atom is -0.508 e. The number of benzene rings is 1. The molecular formula is C15H20O6. The molecule has 1 aromatic rings. The molecule has 2 heterocycles. The first-order valence-electron chi connectivity index (χ1n) is 6.93. The Morgan fingerprint density at radius 2 is 1.95 bits per heavy atom. The number of aromatic hydroxyl groups is 1. The minimum absolute atomic E-state index is 0.0164. The average molecular weight is 296 g/mol. The van der Waals surface area contributed by atoms with Gasteiger partial charge in [0.2, 0.25) is 0 Å². The Morgan fingerprint density at radius 3 is 2.62 bits per heavy atom. The Balaban J connectivity index is 1.83. The van der Waals surface area contributed by atoms with Crippen molar-refractivity contribution < 1.29 is 29.2 Å². The zero-order chi connectivity index (χ0) is 15.2. The molecule has 116 valence electrons. The van der Waals surface area contributed by atoms with Crippen LogP contribution in [0.25, 0.3) is 0 Å². The van der Waals surface area contributed by atoms with Gasteiger partial charge in [-0.15, -0.1) is 0 Å². The lowest BCUT2D eigenvalue weighted by molar-refractivity contribution is -0.228. The van der Waals surface area contributed by atoms with E-state index < -0.39 is 36.5 Å². The highest BCUT2D eigenvalue weighted by Crippen LogP contribution is 2.42. The van der Waals surface area contributed by atoms with Crippen molar-refractivity contribution in [3.05, 3.63) is 29.8 Å². The number of phenolic OH excluding ortho intramolecular Hbond substituents is 1. The predicted molar refractivity (Wildman–Crippen MR) is 72.6 cm³/mol. The van der Waals surface area contributed by atoms with Gasteiger partial charge in [-0.3, -0.25) is 0 Å². The van der Waals surface area contributed by atoms with E-state index in [-0.39, 0.29) is 5.75 Å². The van der Waals surface area contributed by atoms with E-state index in [1.165, 1.54) is 13.2 Å². The second-order valence-corrected chi connectivity index (χ2v) is 5.77. The van der Waals surface area contributed by atoms with E-state index in [2.05, 4.69) is 0 Å². The fraction of sp³-hybridized carbons (Fsp3) is 0.600. The molecule has 1 aromatic carbocycles. The number of hydrogen-bond donors (Lipinski definition) is 2. The van der Waals surface area contributed by atoms with Crippen LogP contribution in [0.2, 0.25) is 0 Å². The molecule has 2 saturated heterocycles. The van der Waals surface area contributed by atoms with Crippen molar-refractivity contribution in [2.45, 2.75) is 50.3 Å². The molecule has 0 unspecified atom stereocenters. The van der Waals surface area contributed by atoms with Crippen LogP contribution in [-0.2, 0) is 18.9 Å².